The molecule has 0 bridgehead atoms. The summed E-state index contributed by atoms with van der Waals surface area (Å²) in [6.07, 6.45) is 0.927. The zero-order chi connectivity index (χ0) is 9.68. The third kappa shape index (κ3) is 2.40. The highest BCUT2D eigenvalue weighted by atomic mass is 16.5. The molecule has 0 fully saturated rings. The highest BCUT2D eigenvalue weighted by Gasteiger charge is 2.12. The first kappa shape index (κ1) is 9.95. The number of hydrogen-bond acceptors (Lipinski definition) is 4. The van der Waals surface area contributed by atoms with E-state index in [0.717, 1.165) is 0 Å². The fourth-order valence-corrected chi connectivity index (χ4v) is 1.08. The van der Waals surface area contributed by atoms with Crippen molar-refractivity contribution in [2.24, 2.45) is 0 Å². The molecule has 1 rings (SSSR count). The minimum Gasteiger partial charge on any atom is -0.481 e. The van der Waals surface area contributed by atoms with Crippen molar-refractivity contribution >= 4 is 0 Å². The van der Waals surface area contributed by atoms with Gasteiger partial charge in [-0.2, -0.15) is 0 Å². The largest absolute Gasteiger partial charge is 0.481 e. The molecule has 1 N–H and O–H groups in total. The first-order valence-corrected chi connectivity index (χ1v) is 3.95. The predicted molar refractivity (Wildman–Crippen MR) is 47.6 cm³/mol. The van der Waals surface area contributed by atoms with Gasteiger partial charge >= 0.3 is 0 Å². The monoisotopic (exact) mass is 183 g/mol. The summed E-state index contributed by atoms with van der Waals surface area (Å²) >= 11 is 0. The van der Waals surface area contributed by atoms with E-state index in [0.29, 0.717) is 11.4 Å². The molecular weight excluding hydrogens is 170 g/mol. The molecule has 72 valence electrons. The van der Waals surface area contributed by atoms with Gasteiger partial charge in [0.25, 0.3) is 0 Å². The van der Waals surface area contributed by atoms with Crippen molar-refractivity contribution in [2.45, 2.75) is 6.10 Å². The van der Waals surface area contributed by atoms with Gasteiger partial charge < -0.3 is 14.6 Å². The number of methoxy groups -OCH3 is 2. The van der Waals surface area contributed by atoms with Crippen molar-refractivity contribution in [3.8, 4) is 5.88 Å². The van der Waals surface area contributed by atoms with Crippen molar-refractivity contribution in [2.75, 3.05) is 20.8 Å². The second-order valence-electron chi connectivity index (χ2n) is 2.57. The molecule has 1 aromatic heterocycles. The molecule has 4 nitrogen and oxygen atoms in total. The van der Waals surface area contributed by atoms with Crippen LogP contribution in [0.15, 0.2) is 18.3 Å². The van der Waals surface area contributed by atoms with E-state index in [1.54, 1.807) is 18.3 Å². The van der Waals surface area contributed by atoms with Crippen LogP contribution in [0.5, 0.6) is 5.88 Å². The Labute approximate surface area is 77.1 Å². The fourth-order valence-electron chi connectivity index (χ4n) is 1.08. The standard InChI is InChI=1S/C9H13NO3/c1-12-6-8(11)7-4-3-5-10-9(7)13-2/h3-5,8,11H,6H2,1-2H3. The molecule has 0 aliphatic heterocycles. The normalized spacial score (nSPS) is 12.5. The van der Waals surface area contributed by atoms with Crippen molar-refractivity contribution in [1.82, 2.24) is 4.98 Å². The molecule has 0 aliphatic rings. The second kappa shape index (κ2) is 4.79. The molecule has 13 heavy (non-hydrogen) atoms. The van der Waals surface area contributed by atoms with Gasteiger partial charge in [-0.15, -0.1) is 0 Å². The number of aliphatic hydroxyl groups excluding tert-OH is 1. The fraction of sp³-hybridized carbons (Fsp3) is 0.444. The molecule has 1 atom stereocenters. The topological polar surface area (TPSA) is 51.6 Å². The van der Waals surface area contributed by atoms with E-state index in [2.05, 4.69) is 4.98 Å². The molecule has 4 heteroatoms. The molecule has 0 aliphatic carbocycles. The van der Waals surface area contributed by atoms with Gasteiger partial charge in [0, 0.05) is 18.9 Å². The van der Waals surface area contributed by atoms with Crippen LogP contribution < -0.4 is 4.74 Å². The molecule has 1 unspecified atom stereocenters. The first-order chi connectivity index (χ1) is 6.29. The third-order valence-electron chi connectivity index (χ3n) is 1.68. The molecule has 0 saturated heterocycles. The predicted octanol–water partition coefficient (Wildman–Crippen LogP) is 0.770. The van der Waals surface area contributed by atoms with E-state index >= 15 is 0 Å². The minimum absolute atomic E-state index is 0.238. The van der Waals surface area contributed by atoms with Gasteiger partial charge in [-0.05, 0) is 12.1 Å². The zero-order valence-electron chi connectivity index (χ0n) is 7.73. The molecule has 0 radical (unpaired) electrons. The number of rotatable bonds is 4. The summed E-state index contributed by atoms with van der Waals surface area (Å²) in [6.45, 7) is 0.238. The van der Waals surface area contributed by atoms with E-state index in [9.17, 15) is 5.11 Å². The lowest BCUT2D eigenvalue weighted by atomic mass is 10.1. The average molecular weight is 183 g/mol. The molecule has 0 aromatic carbocycles. The Hall–Kier alpha value is -1.13. The zero-order valence-corrected chi connectivity index (χ0v) is 7.73. The quantitative estimate of drug-likeness (QED) is 0.749. The SMILES string of the molecule is COCC(O)c1cccnc1OC. The molecule has 0 spiro atoms. The molecule has 1 heterocycles. The van der Waals surface area contributed by atoms with Crippen LogP contribution in [0, 0.1) is 0 Å². The number of hydrogen-bond donors (Lipinski definition) is 1. The minimum atomic E-state index is -0.686. The number of aromatic nitrogens is 1. The summed E-state index contributed by atoms with van der Waals surface area (Å²) in [7, 11) is 3.05. The summed E-state index contributed by atoms with van der Waals surface area (Å²) in [5, 5.41) is 9.59. The maximum atomic E-state index is 9.59. The first-order valence-electron chi connectivity index (χ1n) is 3.95. The van der Waals surface area contributed by atoms with Crippen molar-refractivity contribution < 1.29 is 14.6 Å². The van der Waals surface area contributed by atoms with E-state index in [1.807, 2.05) is 0 Å². The summed E-state index contributed by atoms with van der Waals surface area (Å²) in [5.74, 6) is 0.437. The lowest BCUT2D eigenvalue weighted by Crippen LogP contribution is -2.07. The molecule has 0 amide bonds. The van der Waals surface area contributed by atoms with E-state index in [-0.39, 0.29) is 6.61 Å². The Bertz CT molecular complexity index is 265. The van der Waals surface area contributed by atoms with Gasteiger partial charge in [0.05, 0.1) is 13.7 Å². The summed E-state index contributed by atoms with van der Waals surface area (Å²) in [6, 6.07) is 3.51. The van der Waals surface area contributed by atoms with Gasteiger partial charge in [-0.1, -0.05) is 0 Å². The van der Waals surface area contributed by atoms with Crippen LogP contribution in [0.3, 0.4) is 0 Å². The van der Waals surface area contributed by atoms with Crippen LogP contribution in [0.1, 0.15) is 11.7 Å². The number of pyridine rings is 1. The maximum absolute atomic E-state index is 9.59. The molecule has 0 saturated carbocycles. The maximum Gasteiger partial charge on any atom is 0.218 e. The smallest absolute Gasteiger partial charge is 0.218 e. The van der Waals surface area contributed by atoms with Crippen molar-refractivity contribution in [3.63, 3.8) is 0 Å². The Morgan fingerprint density at radius 2 is 2.31 bits per heavy atom. The number of nitrogens with zero attached hydrogens (tertiary/aromatic N) is 1. The summed E-state index contributed by atoms with van der Waals surface area (Å²) < 4.78 is 9.81. The highest BCUT2D eigenvalue weighted by Crippen LogP contribution is 2.21. The average Bonchev–Trinajstić information content (AvgIpc) is 2.18. The third-order valence-corrected chi connectivity index (χ3v) is 1.68. The Morgan fingerprint density at radius 3 is 2.92 bits per heavy atom. The second-order valence-corrected chi connectivity index (χ2v) is 2.57. The lowest BCUT2D eigenvalue weighted by Gasteiger charge is -2.12. The van der Waals surface area contributed by atoms with Gasteiger partial charge in [0.15, 0.2) is 0 Å². The highest BCUT2D eigenvalue weighted by molar-refractivity contribution is 5.27. The van der Waals surface area contributed by atoms with Crippen LogP contribution in [0.25, 0.3) is 0 Å². The van der Waals surface area contributed by atoms with Gasteiger partial charge in [-0.25, -0.2) is 4.98 Å². The molecular formula is C9H13NO3. The van der Waals surface area contributed by atoms with E-state index in [1.165, 1.54) is 14.2 Å². The van der Waals surface area contributed by atoms with Crippen LogP contribution in [-0.2, 0) is 4.74 Å². The van der Waals surface area contributed by atoms with Gasteiger partial charge in [0.1, 0.15) is 6.10 Å². The van der Waals surface area contributed by atoms with E-state index in [4.69, 9.17) is 9.47 Å². The Balaban J connectivity index is 2.85. The lowest BCUT2D eigenvalue weighted by molar-refractivity contribution is 0.0624. The number of ether oxygens (including phenoxy) is 2. The van der Waals surface area contributed by atoms with Crippen molar-refractivity contribution in [3.05, 3.63) is 23.9 Å². The number of aliphatic hydroxyl groups is 1. The van der Waals surface area contributed by atoms with Crippen LogP contribution in [-0.4, -0.2) is 30.9 Å². The van der Waals surface area contributed by atoms with Crippen LogP contribution >= 0.6 is 0 Å². The Morgan fingerprint density at radius 1 is 1.54 bits per heavy atom. The van der Waals surface area contributed by atoms with Gasteiger partial charge in [0.2, 0.25) is 5.88 Å². The molecule has 1 aromatic rings. The Kier molecular flexibility index (Phi) is 3.67. The van der Waals surface area contributed by atoms with Crippen LogP contribution in [0.2, 0.25) is 0 Å². The summed E-state index contributed by atoms with van der Waals surface area (Å²) in [4.78, 5) is 3.96. The van der Waals surface area contributed by atoms with E-state index < -0.39 is 6.10 Å². The van der Waals surface area contributed by atoms with Gasteiger partial charge in [-0.3, -0.25) is 0 Å². The summed E-state index contributed by atoms with van der Waals surface area (Å²) in [5.41, 5.74) is 0.645. The van der Waals surface area contributed by atoms with Crippen molar-refractivity contribution in [1.29, 1.82) is 0 Å². The van der Waals surface area contributed by atoms with Crippen LogP contribution in [0.4, 0.5) is 0 Å².